The number of nitrogens with zero attached hydrogens (tertiary/aromatic N) is 4. The maximum absolute atomic E-state index is 13.7. The summed E-state index contributed by atoms with van der Waals surface area (Å²) in [6.45, 7) is -0.751. The Morgan fingerprint density at radius 3 is 2.58 bits per heavy atom. The van der Waals surface area contributed by atoms with Crippen LogP contribution < -0.4 is 16.4 Å². The Hall–Kier alpha value is -3.98. The summed E-state index contributed by atoms with van der Waals surface area (Å²) in [5.41, 5.74) is -4.88. The number of hydrogen-bond donors (Lipinski definition) is 3. The van der Waals surface area contributed by atoms with E-state index in [0.29, 0.717) is 16.7 Å². The summed E-state index contributed by atoms with van der Waals surface area (Å²) < 4.78 is 104. The van der Waals surface area contributed by atoms with Gasteiger partial charge in [-0.3, -0.25) is 14.6 Å². The van der Waals surface area contributed by atoms with Crippen molar-refractivity contribution in [1.82, 2.24) is 30.7 Å². The van der Waals surface area contributed by atoms with Crippen LogP contribution in [0, 0.1) is 5.82 Å². The number of carbonyl (C=O) groups is 2. The van der Waals surface area contributed by atoms with E-state index in [4.69, 9.17) is 0 Å². The molecule has 3 heterocycles. The fourth-order valence-electron chi connectivity index (χ4n) is 3.27. The third-order valence-electron chi connectivity index (χ3n) is 5.26. The van der Waals surface area contributed by atoms with Crippen LogP contribution in [0.5, 0.6) is 0 Å². The number of esters is 1. The van der Waals surface area contributed by atoms with Crippen LogP contribution in [-0.4, -0.2) is 73.9 Å². The van der Waals surface area contributed by atoms with Gasteiger partial charge in [0.05, 0.1) is 11.3 Å². The molecule has 3 N–H and O–H groups in total. The van der Waals surface area contributed by atoms with Crippen molar-refractivity contribution < 1.29 is 59.3 Å². The molecule has 0 radical (unpaired) electrons. The van der Waals surface area contributed by atoms with Crippen LogP contribution in [0.1, 0.15) is 5.56 Å². The second-order valence-corrected chi connectivity index (χ2v) is 8.96. The first kappa shape index (κ1) is 29.0. The number of aromatic nitrogens is 4. The Kier molecular flexibility index (Phi) is 7.64. The first-order chi connectivity index (χ1) is 18.6. The van der Waals surface area contributed by atoms with Crippen molar-refractivity contribution in [1.29, 1.82) is 0 Å². The van der Waals surface area contributed by atoms with Crippen LogP contribution in [0.15, 0.2) is 37.2 Å². The lowest BCUT2D eigenvalue weighted by Gasteiger charge is -2.43. The van der Waals surface area contributed by atoms with Gasteiger partial charge in [0.1, 0.15) is 5.82 Å². The Morgan fingerprint density at radius 2 is 1.95 bits per heavy atom. The van der Waals surface area contributed by atoms with Crippen LogP contribution in [-0.2, 0) is 20.5 Å². The van der Waals surface area contributed by atoms with Crippen LogP contribution in [0.4, 0.5) is 30.7 Å². The number of ether oxygens (including phenoxy) is 1. The molecule has 0 bridgehead atoms. The number of amides is 1. The molecule has 2 unspecified atom stereocenters. The largest absolute Gasteiger partial charge is 0.490 e. The zero-order valence-corrected chi connectivity index (χ0v) is 20.0. The molecule has 4 rings (SSSR count). The number of rotatable bonds is 8. The van der Waals surface area contributed by atoms with Crippen molar-refractivity contribution in [2.24, 2.45) is 0 Å². The number of nitrogens with one attached hydrogen (secondary N) is 2. The van der Waals surface area contributed by atoms with E-state index < -0.39 is 71.3 Å². The molecule has 1 saturated heterocycles. The van der Waals surface area contributed by atoms with Gasteiger partial charge in [0, 0.05) is 18.8 Å². The number of thioether (sulfide) groups is 1. The van der Waals surface area contributed by atoms with Gasteiger partial charge >= 0.3 is 24.1 Å². The molecule has 1 amide bonds. The predicted molar refractivity (Wildman–Crippen MR) is 113 cm³/mol. The average Bonchev–Trinajstić information content (AvgIpc) is 3.48. The maximum atomic E-state index is 13.7. The number of hydrogen-bond acceptors (Lipinski definition) is 12. The van der Waals surface area contributed by atoms with Gasteiger partial charge in [-0.25, -0.2) is 23.2 Å². The van der Waals surface area contributed by atoms with E-state index in [0.717, 1.165) is 17.8 Å². The van der Waals surface area contributed by atoms with Crippen molar-refractivity contribution >= 4 is 23.6 Å². The standard InChI is InChI=1S/C19H13F7N6O7S/c20-9-2-1-7(5-8(9)18(21,22)23)32-11(30-38-16(32)35)10-12(31-39-29-10)40-4-3-27-13(33)17(36)6-28-14(17)37-15(34)19(24,25)26/h1-2,5,14,28,36H,3-4,6H2,(H,27,33). The molecular formula is C19H13F7N6O7S. The topological polar surface area (TPSA) is 175 Å². The highest BCUT2D eigenvalue weighted by Crippen LogP contribution is 2.34. The zero-order chi connectivity index (χ0) is 29.5. The van der Waals surface area contributed by atoms with Crippen LogP contribution in [0.2, 0.25) is 0 Å². The van der Waals surface area contributed by atoms with Crippen LogP contribution >= 0.6 is 11.8 Å². The number of carbonyl (C=O) groups excluding carboxylic acids is 2. The summed E-state index contributed by atoms with van der Waals surface area (Å²) in [4.78, 5) is 35.4. The van der Waals surface area contributed by atoms with Gasteiger partial charge in [-0.2, -0.15) is 26.3 Å². The highest BCUT2D eigenvalue weighted by molar-refractivity contribution is 7.99. The van der Waals surface area contributed by atoms with E-state index in [1.165, 1.54) is 0 Å². The molecule has 2 aromatic heterocycles. The van der Waals surface area contributed by atoms with Gasteiger partial charge in [0.15, 0.2) is 16.9 Å². The van der Waals surface area contributed by atoms with E-state index in [-0.39, 0.29) is 23.0 Å². The van der Waals surface area contributed by atoms with Gasteiger partial charge in [-0.15, -0.1) is 0 Å². The highest BCUT2D eigenvalue weighted by Gasteiger charge is 2.56. The third kappa shape index (κ3) is 5.65. The van der Waals surface area contributed by atoms with E-state index in [9.17, 15) is 50.2 Å². The van der Waals surface area contributed by atoms with Gasteiger partial charge in [0.25, 0.3) is 5.91 Å². The monoisotopic (exact) mass is 602 g/mol. The minimum Gasteiger partial charge on any atom is -0.436 e. The van der Waals surface area contributed by atoms with Gasteiger partial charge in [-0.05, 0) is 28.5 Å². The molecule has 1 aliphatic rings. The van der Waals surface area contributed by atoms with Gasteiger partial charge < -0.3 is 15.2 Å². The summed E-state index contributed by atoms with van der Waals surface area (Å²) in [5, 5.41) is 25.1. The number of benzene rings is 1. The second-order valence-electron chi connectivity index (χ2n) is 7.88. The summed E-state index contributed by atoms with van der Waals surface area (Å²) in [6.07, 6.45) is -12.4. The fraction of sp³-hybridized carbons (Fsp3) is 0.368. The molecule has 0 saturated carbocycles. The molecule has 1 aromatic carbocycles. The van der Waals surface area contributed by atoms with Gasteiger partial charge in [0.2, 0.25) is 11.4 Å². The molecule has 3 aromatic rings. The third-order valence-corrected chi connectivity index (χ3v) is 6.20. The van der Waals surface area contributed by atoms with Crippen LogP contribution in [0.3, 0.4) is 0 Å². The molecule has 13 nitrogen and oxygen atoms in total. The molecular weight excluding hydrogens is 589 g/mol. The Labute approximate surface area is 219 Å². The summed E-state index contributed by atoms with van der Waals surface area (Å²) in [5.74, 6) is -7.12. The molecule has 40 heavy (non-hydrogen) atoms. The van der Waals surface area contributed by atoms with Crippen LogP contribution in [0.25, 0.3) is 17.2 Å². The molecule has 216 valence electrons. The molecule has 1 aliphatic heterocycles. The van der Waals surface area contributed by atoms with E-state index in [1.54, 1.807) is 0 Å². The van der Waals surface area contributed by atoms with Gasteiger partial charge in [-0.1, -0.05) is 16.9 Å². The van der Waals surface area contributed by atoms with Crippen molar-refractivity contribution in [3.8, 4) is 17.2 Å². The number of alkyl halides is 6. The number of halogens is 7. The van der Waals surface area contributed by atoms with Crippen molar-refractivity contribution in [3.05, 3.63) is 40.1 Å². The molecule has 2 atom stereocenters. The molecule has 0 spiro atoms. The Bertz CT molecular complexity index is 1490. The lowest BCUT2D eigenvalue weighted by atomic mass is 9.93. The summed E-state index contributed by atoms with van der Waals surface area (Å²) >= 11 is 0.814. The average molecular weight is 602 g/mol. The minimum absolute atomic E-state index is 0.0552. The second kappa shape index (κ2) is 10.5. The maximum Gasteiger partial charge on any atom is 0.490 e. The Balaban J connectivity index is 1.43. The minimum atomic E-state index is -5.35. The number of aliphatic hydroxyl groups is 1. The van der Waals surface area contributed by atoms with E-state index >= 15 is 0 Å². The summed E-state index contributed by atoms with van der Waals surface area (Å²) in [6, 6.07) is 1.70. The number of β-amino-alcohol motifs (C(OH)–C–C–N with tert-alkyl or cyclic N) is 1. The first-order valence-electron chi connectivity index (χ1n) is 10.6. The fourth-order valence-corrected chi connectivity index (χ4v) is 4.01. The Morgan fingerprint density at radius 1 is 1.23 bits per heavy atom. The molecule has 21 heteroatoms. The highest BCUT2D eigenvalue weighted by atomic mass is 32.2. The SMILES string of the molecule is O=C(OC1NCC1(O)C(=O)NCCSc1nonc1-c1noc(=O)n1-c1ccc(F)c(C(F)(F)F)c1)C(F)(F)F. The summed E-state index contributed by atoms with van der Waals surface area (Å²) in [7, 11) is 0. The lowest BCUT2D eigenvalue weighted by molar-refractivity contribution is -0.230. The van der Waals surface area contributed by atoms with Crippen molar-refractivity contribution in [2.45, 2.75) is 29.2 Å². The van der Waals surface area contributed by atoms with Crippen molar-refractivity contribution in [2.75, 3.05) is 18.8 Å². The quantitative estimate of drug-likeness (QED) is 0.145. The first-order valence-corrected chi connectivity index (χ1v) is 11.5. The predicted octanol–water partition coefficient (Wildman–Crippen LogP) is 1.01. The molecule has 0 aliphatic carbocycles. The van der Waals surface area contributed by atoms with Crippen molar-refractivity contribution in [3.63, 3.8) is 0 Å². The zero-order valence-electron chi connectivity index (χ0n) is 19.2. The lowest BCUT2D eigenvalue weighted by Crippen LogP contribution is -2.75. The van der Waals surface area contributed by atoms with E-state index in [2.05, 4.69) is 40.0 Å². The molecule has 1 fully saturated rings. The smallest absolute Gasteiger partial charge is 0.436 e. The normalized spacial score (nSPS) is 19.2. The van der Waals surface area contributed by atoms with E-state index in [1.807, 2.05) is 0 Å².